The van der Waals surface area contributed by atoms with E-state index in [-0.39, 0.29) is 18.4 Å². The van der Waals surface area contributed by atoms with Gasteiger partial charge in [0.2, 0.25) is 0 Å². The molecule has 22 heavy (non-hydrogen) atoms. The Kier molecular flexibility index (Phi) is 5.11. The zero-order valence-electron chi connectivity index (χ0n) is 13.8. The van der Waals surface area contributed by atoms with Crippen LogP contribution in [0.2, 0.25) is 0 Å². The van der Waals surface area contributed by atoms with E-state index < -0.39 is 5.60 Å². The number of fused-ring (bicyclic) bond motifs is 1. The summed E-state index contributed by atoms with van der Waals surface area (Å²) in [4.78, 5) is 11.7. The number of carbonyl (C=O) groups is 1. The molecule has 1 aromatic rings. The molecule has 4 nitrogen and oxygen atoms in total. The highest BCUT2D eigenvalue weighted by Gasteiger charge is 2.16. The molecule has 0 spiro atoms. The van der Waals surface area contributed by atoms with Crippen molar-refractivity contribution in [3.05, 3.63) is 35.4 Å². The molecule has 0 saturated carbocycles. The molecular weight excluding hydrogens is 276 g/mol. The van der Waals surface area contributed by atoms with Crippen molar-refractivity contribution in [2.45, 2.75) is 58.6 Å². The lowest BCUT2D eigenvalue weighted by Crippen LogP contribution is -2.23. The topological polar surface area (TPSA) is 51.0 Å². The molecule has 1 aromatic carbocycles. The first kappa shape index (κ1) is 16.4. The van der Waals surface area contributed by atoms with Crippen molar-refractivity contribution in [1.29, 1.82) is 0 Å². The van der Waals surface area contributed by atoms with Gasteiger partial charge in [0.1, 0.15) is 5.60 Å². The molecule has 1 unspecified atom stereocenters. The van der Waals surface area contributed by atoms with Gasteiger partial charge in [-0.25, -0.2) is 0 Å². The molecule has 0 radical (unpaired) electrons. The molecule has 1 heterocycles. The van der Waals surface area contributed by atoms with Crippen molar-refractivity contribution in [1.82, 2.24) is 0 Å². The standard InChI is InChI=1S/C18H24N2O2/c1-5-15-12-14-11-13(9-10-16(14)20-19-15)7-6-8-17(21)22-18(2,3)4/h6-7,9-11,15H,5,8,12H2,1-4H3. The number of esters is 1. The van der Waals surface area contributed by atoms with Crippen LogP contribution >= 0.6 is 0 Å². The van der Waals surface area contributed by atoms with E-state index >= 15 is 0 Å². The minimum absolute atomic E-state index is 0.207. The summed E-state index contributed by atoms with van der Waals surface area (Å²) >= 11 is 0. The molecule has 1 aliphatic rings. The van der Waals surface area contributed by atoms with E-state index in [0.717, 1.165) is 24.1 Å². The Labute approximate surface area is 132 Å². The van der Waals surface area contributed by atoms with Crippen LogP contribution in [0.25, 0.3) is 6.08 Å². The summed E-state index contributed by atoms with van der Waals surface area (Å²) in [7, 11) is 0. The third-order valence-corrected chi connectivity index (χ3v) is 3.37. The molecule has 0 fully saturated rings. The fourth-order valence-corrected chi connectivity index (χ4v) is 2.31. The van der Waals surface area contributed by atoms with Crippen LogP contribution in [0.15, 0.2) is 34.5 Å². The van der Waals surface area contributed by atoms with Crippen LogP contribution < -0.4 is 0 Å². The fourth-order valence-electron chi connectivity index (χ4n) is 2.31. The molecule has 0 aliphatic carbocycles. The van der Waals surface area contributed by atoms with Crippen molar-refractivity contribution < 1.29 is 9.53 Å². The van der Waals surface area contributed by atoms with Crippen LogP contribution in [-0.2, 0) is 16.0 Å². The van der Waals surface area contributed by atoms with Gasteiger partial charge < -0.3 is 4.74 Å². The monoisotopic (exact) mass is 300 g/mol. The van der Waals surface area contributed by atoms with Gasteiger partial charge in [-0.2, -0.15) is 10.2 Å². The molecule has 1 atom stereocenters. The highest BCUT2D eigenvalue weighted by molar-refractivity contribution is 5.73. The number of azo groups is 1. The smallest absolute Gasteiger partial charge is 0.310 e. The van der Waals surface area contributed by atoms with Crippen LogP contribution in [0.1, 0.15) is 51.7 Å². The largest absolute Gasteiger partial charge is 0.460 e. The lowest BCUT2D eigenvalue weighted by molar-refractivity contribution is -0.153. The van der Waals surface area contributed by atoms with Crippen molar-refractivity contribution in [3.63, 3.8) is 0 Å². The average molecular weight is 300 g/mol. The Morgan fingerprint density at radius 1 is 1.41 bits per heavy atom. The Morgan fingerprint density at radius 3 is 2.86 bits per heavy atom. The van der Waals surface area contributed by atoms with E-state index in [2.05, 4.69) is 23.2 Å². The maximum absolute atomic E-state index is 11.7. The number of nitrogens with zero attached hydrogens (tertiary/aromatic N) is 2. The SMILES string of the molecule is CCC1Cc2cc(C=CCC(=O)OC(C)(C)C)ccc2N=N1. The van der Waals surface area contributed by atoms with Gasteiger partial charge in [-0.3, -0.25) is 4.79 Å². The summed E-state index contributed by atoms with van der Waals surface area (Å²) in [5.41, 5.74) is 2.82. The predicted octanol–water partition coefficient (Wildman–Crippen LogP) is 4.85. The van der Waals surface area contributed by atoms with E-state index in [4.69, 9.17) is 4.74 Å². The van der Waals surface area contributed by atoms with Crippen molar-refractivity contribution >= 4 is 17.7 Å². The van der Waals surface area contributed by atoms with Crippen molar-refractivity contribution in [2.75, 3.05) is 0 Å². The summed E-state index contributed by atoms with van der Waals surface area (Å²) < 4.78 is 5.28. The van der Waals surface area contributed by atoms with Gasteiger partial charge in [-0.15, -0.1) is 0 Å². The van der Waals surface area contributed by atoms with E-state index in [9.17, 15) is 4.79 Å². The van der Waals surface area contributed by atoms with Crippen LogP contribution in [-0.4, -0.2) is 17.6 Å². The molecule has 1 aliphatic heterocycles. The molecule has 0 amide bonds. The molecule has 0 bridgehead atoms. The third kappa shape index (κ3) is 4.79. The molecule has 0 saturated heterocycles. The van der Waals surface area contributed by atoms with Gasteiger partial charge in [0, 0.05) is 0 Å². The van der Waals surface area contributed by atoms with Crippen LogP contribution in [0.5, 0.6) is 0 Å². The second-order valence-electron chi connectivity index (χ2n) is 6.56. The highest BCUT2D eigenvalue weighted by Crippen LogP contribution is 2.29. The number of benzene rings is 1. The Balaban J connectivity index is 1.98. The highest BCUT2D eigenvalue weighted by atomic mass is 16.6. The number of ether oxygens (including phenoxy) is 1. The molecule has 2 rings (SSSR count). The van der Waals surface area contributed by atoms with Gasteiger partial charge in [0.25, 0.3) is 0 Å². The van der Waals surface area contributed by atoms with Crippen LogP contribution in [0.4, 0.5) is 5.69 Å². The lowest BCUT2D eigenvalue weighted by atomic mass is 9.99. The van der Waals surface area contributed by atoms with Gasteiger partial charge in [0.15, 0.2) is 0 Å². The van der Waals surface area contributed by atoms with Crippen LogP contribution in [0, 0.1) is 0 Å². The second kappa shape index (κ2) is 6.86. The Hall–Kier alpha value is -1.97. The molecule has 118 valence electrons. The predicted molar refractivity (Wildman–Crippen MR) is 88.2 cm³/mol. The number of hydrogen-bond acceptors (Lipinski definition) is 4. The minimum atomic E-state index is -0.434. The Morgan fingerprint density at radius 2 is 2.18 bits per heavy atom. The van der Waals surface area contributed by atoms with E-state index in [1.54, 1.807) is 0 Å². The first-order valence-corrected chi connectivity index (χ1v) is 7.79. The summed E-state index contributed by atoms with van der Waals surface area (Å²) in [6.07, 6.45) is 6.02. The first-order valence-electron chi connectivity index (χ1n) is 7.79. The summed E-state index contributed by atoms with van der Waals surface area (Å²) in [6, 6.07) is 6.39. The van der Waals surface area contributed by atoms with Gasteiger partial charge in [-0.05, 0) is 56.9 Å². The second-order valence-corrected chi connectivity index (χ2v) is 6.56. The summed E-state index contributed by atoms with van der Waals surface area (Å²) in [5, 5.41) is 8.55. The summed E-state index contributed by atoms with van der Waals surface area (Å²) in [5.74, 6) is -0.207. The maximum atomic E-state index is 11.7. The van der Waals surface area contributed by atoms with Crippen molar-refractivity contribution in [3.8, 4) is 0 Å². The normalized spacial score (nSPS) is 17.5. The molecular formula is C18H24N2O2. The Bertz CT molecular complexity index is 598. The zero-order chi connectivity index (χ0) is 16.2. The van der Waals surface area contributed by atoms with E-state index in [1.807, 2.05) is 45.1 Å². The number of rotatable bonds is 4. The van der Waals surface area contributed by atoms with Gasteiger partial charge in [-0.1, -0.05) is 25.1 Å². The first-order chi connectivity index (χ1) is 10.4. The van der Waals surface area contributed by atoms with E-state index in [0.29, 0.717) is 0 Å². The lowest BCUT2D eigenvalue weighted by Gasteiger charge is -2.18. The minimum Gasteiger partial charge on any atom is -0.460 e. The quantitative estimate of drug-likeness (QED) is 0.746. The molecule has 0 aromatic heterocycles. The fraction of sp³-hybridized carbons (Fsp3) is 0.500. The van der Waals surface area contributed by atoms with Gasteiger partial charge >= 0.3 is 5.97 Å². The number of carbonyl (C=O) groups excluding carboxylic acids is 1. The van der Waals surface area contributed by atoms with E-state index in [1.165, 1.54) is 5.56 Å². The summed E-state index contributed by atoms with van der Waals surface area (Å²) in [6.45, 7) is 7.74. The zero-order valence-corrected chi connectivity index (χ0v) is 13.8. The van der Waals surface area contributed by atoms with Crippen LogP contribution in [0.3, 0.4) is 0 Å². The van der Waals surface area contributed by atoms with Crippen molar-refractivity contribution in [2.24, 2.45) is 10.2 Å². The number of hydrogen-bond donors (Lipinski definition) is 0. The average Bonchev–Trinajstić information content (AvgIpc) is 2.44. The third-order valence-electron chi connectivity index (χ3n) is 3.37. The maximum Gasteiger partial charge on any atom is 0.310 e. The molecule has 4 heteroatoms. The van der Waals surface area contributed by atoms with Gasteiger partial charge in [0.05, 0.1) is 18.2 Å². The molecule has 0 N–H and O–H groups in total.